The highest BCUT2D eigenvalue weighted by atomic mass is 31.2. The van der Waals surface area contributed by atoms with Gasteiger partial charge >= 0.3 is 0 Å². The summed E-state index contributed by atoms with van der Waals surface area (Å²) in [7, 11) is 1.30. The van der Waals surface area contributed by atoms with Crippen LogP contribution in [0.1, 0.15) is 206 Å². The second-order valence-electron chi connectivity index (χ2n) is 16.8. The van der Waals surface area contributed by atoms with Gasteiger partial charge in [0, 0.05) is 6.42 Å². The van der Waals surface area contributed by atoms with Gasteiger partial charge in [-0.15, -0.1) is 0 Å². The Balaban J connectivity index is 4.37. The van der Waals surface area contributed by atoms with Crippen LogP contribution in [0.3, 0.4) is 0 Å². The van der Waals surface area contributed by atoms with Crippen LogP contribution in [0.5, 0.6) is 0 Å². The first-order chi connectivity index (χ1) is 26.0. The molecule has 0 aromatic carbocycles. The third-order valence-electron chi connectivity index (χ3n) is 10.2. The lowest BCUT2D eigenvalue weighted by molar-refractivity contribution is -0.870. The molecular weight excluding hydrogens is 695 g/mol. The molecule has 0 aromatic heterocycles. The Bertz CT molecular complexity index is 938. The predicted octanol–water partition coefficient (Wildman–Crippen LogP) is 11.9. The number of likely N-dealkylation sites (N-methyl/N-ethyl adjacent to an activating group) is 1. The normalized spacial score (nSPS) is 14.6. The van der Waals surface area contributed by atoms with Gasteiger partial charge in [-0.1, -0.05) is 186 Å². The zero-order valence-corrected chi connectivity index (χ0v) is 37.1. The van der Waals surface area contributed by atoms with Crippen molar-refractivity contribution in [2.24, 2.45) is 0 Å². The Hall–Kier alpha value is -1.02. The Morgan fingerprint density at radius 2 is 1.06 bits per heavy atom. The molecule has 320 valence electrons. The van der Waals surface area contributed by atoms with Gasteiger partial charge in [-0.05, 0) is 38.5 Å². The van der Waals surface area contributed by atoms with E-state index in [1.807, 2.05) is 21.1 Å². The van der Waals surface area contributed by atoms with Crippen LogP contribution in [0.25, 0.3) is 0 Å². The molecule has 3 unspecified atom stereocenters. The Morgan fingerprint density at radius 1 is 0.648 bits per heavy atom. The average Bonchev–Trinajstić information content (AvgIpc) is 3.12. The van der Waals surface area contributed by atoms with Gasteiger partial charge in [-0.25, -0.2) is 0 Å². The quantitative estimate of drug-likeness (QED) is 0.0277. The lowest BCUT2D eigenvalue weighted by Crippen LogP contribution is -2.46. The maximum Gasteiger partial charge on any atom is 0.268 e. The molecule has 0 aliphatic carbocycles. The molecule has 0 radical (unpaired) electrons. The number of unbranched alkanes of at least 4 members (excludes halogenated alkanes) is 25. The molecule has 0 aliphatic rings. The molecule has 0 aromatic rings. The van der Waals surface area contributed by atoms with Crippen molar-refractivity contribution in [3.8, 4) is 0 Å². The molecule has 8 nitrogen and oxygen atoms in total. The molecule has 0 bridgehead atoms. The summed E-state index contributed by atoms with van der Waals surface area (Å²) in [5.41, 5.74) is 0. The summed E-state index contributed by atoms with van der Waals surface area (Å²) in [6.45, 7) is 4.68. The van der Waals surface area contributed by atoms with E-state index in [-0.39, 0.29) is 19.1 Å². The monoisotopic (exact) mass is 785 g/mol. The van der Waals surface area contributed by atoms with Crippen molar-refractivity contribution in [3.63, 3.8) is 0 Å². The molecule has 0 aliphatic heterocycles. The highest BCUT2D eigenvalue weighted by molar-refractivity contribution is 7.45. The molecule has 54 heavy (non-hydrogen) atoms. The van der Waals surface area contributed by atoms with E-state index in [4.69, 9.17) is 9.05 Å². The lowest BCUT2D eigenvalue weighted by atomic mass is 10.0. The van der Waals surface area contributed by atoms with Crippen molar-refractivity contribution < 1.29 is 32.9 Å². The number of hydrogen-bond acceptors (Lipinski definition) is 6. The van der Waals surface area contributed by atoms with E-state index in [2.05, 4.69) is 43.5 Å². The van der Waals surface area contributed by atoms with Gasteiger partial charge in [-0.3, -0.25) is 9.36 Å². The minimum absolute atomic E-state index is 0.0103. The standard InChI is InChI=1S/C45H89N2O6P/c1-6-8-10-12-14-16-18-20-22-23-25-26-28-30-32-34-36-38-44(48)43(42-53-54(50,51)52-41-40-47(3,4)5)46-45(49)39-37-35-33-31-29-27-24-21-19-17-15-13-11-9-7-2/h15,17,19,21,43-44,48H,6-14,16,18,20,22-42H2,1-5H3,(H-,46,49,50,51)/b17-15-,21-19-. The number of hydrogen-bond donors (Lipinski definition) is 2. The van der Waals surface area contributed by atoms with Crippen molar-refractivity contribution in [2.75, 3.05) is 40.9 Å². The Morgan fingerprint density at radius 3 is 1.54 bits per heavy atom. The summed E-state index contributed by atoms with van der Waals surface area (Å²) in [6, 6.07) is -0.804. The molecule has 0 rings (SSSR count). The van der Waals surface area contributed by atoms with E-state index >= 15 is 0 Å². The first-order valence-electron chi connectivity index (χ1n) is 22.7. The first kappa shape index (κ1) is 53.0. The van der Waals surface area contributed by atoms with Crippen LogP contribution in [0, 0.1) is 0 Å². The summed E-state index contributed by atoms with van der Waals surface area (Å²) in [5.74, 6) is -0.176. The lowest BCUT2D eigenvalue weighted by Gasteiger charge is -2.30. The topological polar surface area (TPSA) is 108 Å². The van der Waals surface area contributed by atoms with E-state index in [1.54, 1.807) is 0 Å². The van der Waals surface area contributed by atoms with Crippen molar-refractivity contribution in [1.82, 2.24) is 5.32 Å². The molecule has 0 fully saturated rings. The molecule has 0 heterocycles. The second kappa shape index (κ2) is 37.6. The summed E-state index contributed by atoms with van der Waals surface area (Å²) in [5, 5.41) is 13.9. The summed E-state index contributed by atoms with van der Waals surface area (Å²) < 4.78 is 23.3. The third-order valence-corrected chi connectivity index (χ3v) is 11.2. The number of aliphatic hydroxyl groups excluding tert-OH is 1. The van der Waals surface area contributed by atoms with Crippen LogP contribution < -0.4 is 10.2 Å². The molecule has 0 spiro atoms. The highest BCUT2D eigenvalue weighted by Gasteiger charge is 2.24. The number of aliphatic hydroxyl groups is 1. The zero-order chi connectivity index (χ0) is 40.0. The highest BCUT2D eigenvalue weighted by Crippen LogP contribution is 2.38. The summed E-state index contributed by atoms with van der Waals surface area (Å²) in [4.78, 5) is 25.3. The Kier molecular flexibility index (Phi) is 36.8. The van der Waals surface area contributed by atoms with Crippen LogP contribution in [-0.4, -0.2) is 68.5 Å². The molecule has 0 saturated carbocycles. The predicted molar refractivity (Wildman–Crippen MR) is 228 cm³/mol. The van der Waals surface area contributed by atoms with Crippen molar-refractivity contribution in [2.45, 2.75) is 219 Å². The van der Waals surface area contributed by atoms with Gasteiger partial charge in [0.2, 0.25) is 5.91 Å². The SMILES string of the molecule is CCCCC/C=C\C=C/CCCCCCCCC(=O)NC(COP(=O)([O-])OCC[N+](C)(C)C)C(O)CCCCCCCCCCCCCCCCCCC. The maximum atomic E-state index is 12.9. The molecule has 3 atom stereocenters. The van der Waals surface area contributed by atoms with Crippen LogP contribution in [0.4, 0.5) is 0 Å². The van der Waals surface area contributed by atoms with Crippen LogP contribution in [0.2, 0.25) is 0 Å². The second-order valence-corrected chi connectivity index (χ2v) is 18.2. The fourth-order valence-corrected chi connectivity index (χ4v) is 7.28. The molecule has 2 N–H and O–H groups in total. The van der Waals surface area contributed by atoms with Gasteiger partial charge in [-0.2, -0.15) is 0 Å². The van der Waals surface area contributed by atoms with Crippen LogP contribution in [0.15, 0.2) is 24.3 Å². The number of phosphoric ester groups is 1. The van der Waals surface area contributed by atoms with Crippen molar-refractivity contribution in [3.05, 3.63) is 24.3 Å². The fraction of sp³-hybridized carbons (Fsp3) is 0.889. The number of rotatable bonds is 41. The molecular formula is C45H89N2O6P. The number of carbonyl (C=O) groups is 1. The van der Waals surface area contributed by atoms with E-state index in [1.165, 1.54) is 128 Å². The van der Waals surface area contributed by atoms with E-state index in [9.17, 15) is 19.4 Å². The van der Waals surface area contributed by atoms with Gasteiger partial charge in [0.25, 0.3) is 7.82 Å². The van der Waals surface area contributed by atoms with Gasteiger partial charge in [0.15, 0.2) is 0 Å². The summed E-state index contributed by atoms with van der Waals surface area (Å²) >= 11 is 0. The number of nitrogens with zero attached hydrogens (tertiary/aromatic N) is 1. The van der Waals surface area contributed by atoms with E-state index in [0.717, 1.165) is 51.4 Å². The van der Waals surface area contributed by atoms with Crippen LogP contribution in [-0.2, 0) is 18.4 Å². The van der Waals surface area contributed by atoms with Crippen molar-refractivity contribution in [1.29, 1.82) is 0 Å². The van der Waals surface area contributed by atoms with Crippen molar-refractivity contribution >= 4 is 13.7 Å². The van der Waals surface area contributed by atoms with E-state index < -0.39 is 20.0 Å². The number of amides is 1. The number of allylic oxidation sites excluding steroid dienone is 4. The molecule has 9 heteroatoms. The van der Waals surface area contributed by atoms with Crippen LogP contribution >= 0.6 is 7.82 Å². The minimum Gasteiger partial charge on any atom is -0.756 e. The number of phosphoric acid groups is 1. The fourth-order valence-electron chi connectivity index (χ4n) is 6.56. The summed E-state index contributed by atoms with van der Waals surface area (Å²) in [6.07, 6.45) is 43.1. The van der Waals surface area contributed by atoms with Gasteiger partial charge < -0.3 is 28.8 Å². The third kappa shape index (κ3) is 39.2. The molecule has 0 saturated heterocycles. The van der Waals surface area contributed by atoms with Gasteiger partial charge in [0.1, 0.15) is 13.2 Å². The largest absolute Gasteiger partial charge is 0.756 e. The maximum absolute atomic E-state index is 12.9. The van der Waals surface area contributed by atoms with E-state index in [0.29, 0.717) is 23.9 Å². The average molecular weight is 785 g/mol. The Labute approximate surface area is 334 Å². The first-order valence-corrected chi connectivity index (χ1v) is 24.2. The molecule has 1 amide bonds. The van der Waals surface area contributed by atoms with Gasteiger partial charge in [0.05, 0.1) is 39.9 Å². The smallest absolute Gasteiger partial charge is 0.268 e. The number of carbonyl (C=O) groups excluding carboxylic acids is 1. The minimum atomic E-state index is -4.56. The zero-order valence-electron chi connectivity index (χ0n) is 36.2. The number of nitrogens with one attached hydrogen (secondary N) is 1. The number of quaternary nitrogens is 1.